The maximum Gasteiger partial charge on any atom is 0.239 e. The maximum atomic E-state index is 11.3. The van der Waals surface area contributed by atoms with E-state index in [1.54, 1.807) is 18.0 Å². The smallest absolute Gasteiger partial charge is 0.239 e. The first kappa shape index (κ1) is 12.5. The van der Waals surface area contributed by atoms with Crippen LogP contribution in [0.3, 0.4) is 0 Å². The number of halogens is 1. The van der Waals surface area contributed by atoms with Crippen molar-refractivity contribution in [1.29, 1.82) is 0 Å². The van der Waals surface area contributed by atoms with Gasteiger partial charge in [0, 0.05) is 19.7 Å². The molecule has 6 nitrogen and oxygen atoms in total. The van der Waals surface area contributed by atoms with Gasteiger partial charge in [-0.3, -0.25) is 4.79 Å². The molecule has 0 atom stereocenters. The number of nitrogens with one attached hydrogen (secondary N) is 1. The zero-order chi connectivity index (χ0) is 12.1. The molecule has 0 radical (unpaired) electrons. The number of likely N-dealkylation sites (N-methyl/N-ethyl adjacent to an activating group) is 2. The molecule has 1 aromatic rings. The van der Waals surface area contributed by atoms with Gasteiger partial charge in [0.25, 0.3) is 0 Å². The summed E-state index contributed by atoms with van der Waals surface area (Å²) in [5, 5.41) is 2.94. The summed E-state index contributed by atoms with van der Waals surface area (Å²) < 4.78 is 0. The molecule has 0 saturated heterocycles. The van der Waals surface area contributed by atoms with Crippen LogP contribution < -0.4 is 16.0 Å². The van der Waals surface area contributed by atoms with Crippen LogP contribution in [0.1, 0.15) is 6.92 Å². The van der Waals surface area contributed by atoms with Gasteiger partial charge in [-0.1, -0.05) is 11.6 Å². The largest absolute Gasteiger partial charge is 0.368 e. The van der Waals surface area contributed by atoms with Gasteiger partial charge in [-0.05, 0) is 6.92 Å². The lowest BCUT2D eigenvalue weighted by Crippen LogP contribution is -2.35. The van der Waals surface area contributed by atoms with Crippen molar-refractivity contribution >= 4 is 29.3 Å². The van der Waals surface area contributed by atoms with Crippen LogP contribution in [0.15, 0.2) is 6.07 Å². The predicted octanol–water partition coefficient (Wildman–Crippen LogP) is 0.284. The first-order chi connectivity index (χ1) is 7.52. The van der Waals surface area contributed by atoms with E-state index in [-0.39, 0.29) is 23.6 Å². The molecule has 16 heavy (non-hydrogen) atoms. The van der Waals surface area contributed by atoms with Crippen LogP contribution in [0, 0.1) is 0 Å². The maximum absolute atomic E-state index is 11.3. The summed E-state index contributed by atoms with van der Waals surface area (Å²) in [6, 6.07) is 1.55. The van der Waals surface area contributed by atoms with Crippen molar-refractivity contribution in [2.75, 3.05) is 30.8 Å². The highest BCUT2D eigenvalue weighted by Gasteiger charge is 2.09. The third kappa shape index (κ3) is 3.54. The van der Waals surface area contributed by atoms with Crippen molar-refractivity contribution in [3.8, 4) is 0 Å². The number of carbonyl (C=O) groups excluding carboxylic acids is 1. The lowest BCUT2D eigenvalue weighted by atomic mass is 10.4. The third-order valence-corrected chi connectivity index (χ3v) is 2.04. The van der Waals surface area contributed by atoms with Gasteiger partial charge in [0.05, 0.1) is 6.54 Å². The molecule has 7 heteroatoms. The molecule has 88 valence electrons. The molecule has 1 amide bonds. The molecule has 0 aliphatic heterocycles. The highest BCUT2D eigenvalue weighted by atomic mass is 35.5. The van der Waals surface area contributed by atoms with E-state index in [4.69, 9.17) is 17.3 Å². The Bertz CT molecular complexity index is 364. The monoisotopic (exact) mass is 243 g/mol. The van der Waals surface area contributed by atoms with Gasteiger partial charge < -0.3 is 16.0 Å². The van der Waals surface area contributed by atoms with Gasteiger partial charge in [-0.15, -0.1) is 0 Å². The molecule has 0 bridgehead atoms. The molecule has 0 aliphatic carbocycles. The second kappa shape index (κ2) is 5.50. The van der Waals surface area contributed by atoms with Gasteiger partial charge in [0.2, 0.25) is 11.9 Å². The fraction of sp³-hybridized carbons (Fsp3) is 0.444. The Balaban J connectivity index is 2.72. The Morgan fingerprint density at radius 3 is 2.88 bits per heavy atom. The number of aromatic nitrogens is 2. The van der Waals surface area contributed by atoms with Crippen molar-refractivity contribution in [3.63, 3.8) is 0 Å². The van der Waals surface area contributed by atoms with E-state index in [9.17, 15) is 4.79 Å². The highest BCUT2D eigenvalue weighted by molar-refractivity contribution is 6.29. The van der Waals surface area contributed by atoms with Crippen molar-refractivity contribution in [2.45, 2.75) is 6.92 Å². The number of hydrogen-bond donors (Lipinski definition) is 2. The summed E-state index contributed by atoms with van der Waals surface area (Å²) in [6.45, 7) is 2.65. The lowest BCUT2D eigenvalue weighted by Gasteiger charge is -2.17. The molecule has 1 rings (SSSR count). The van der Waals surface area contributed by atoms with Gasteiger partial charge in [0.15, 0.2) is 0 Å². The Labute approximate surface area is 98.8 Å². The van der Waals surface area contributed by atoms with Gasteiger partial charge in [-0.2, -0.15) is 4.98 Å². The SMILES string of the molecule is CCNC(=O)CN(C)c1cc(Cl)nc(N)n1. The highest BCUT2D eigenvalue weighted by Crippen LogP contribution is 2.15. The summed E-state index contributed by atoms with van der Waals surface area (Å²) in [5.41, 5.74) is 5.45. The number of hydrogen-bond acceptors (Lipinski definition) is 5. The van der Waals surface area contributed by atoms with Crippen LogP contribution in [0.5, 0.6) is 0 Å². The minimum atomic E-state index is -0.0849. The number of amides is 1. The summed E-state index contributed by atoms with van der Waals surface area (Å²) in [4.78, 5) is 20.7. The molecule has 0 unspecified atom stereocenters. The number of anilines is 2. The van der Waals surface area contributed by atoms with Gasteiger partial charge in [0.1, 0.15) is 11.0 Å². The van der Waals surface area contributed by atoms with E-state index in [0.29, 0.717) is 12.4 Å². The second-order valence-corrected chi connectivity index (χ2v) is 3.60. The Kier molecular flexibility index (Phi) is 4.30. The average Bonchev–Trinajstić information content (AvgIpc) is 2.16. The Hall–Kier alpha value is -1.56. The van der Waals surface area contributed by atoms with Crippen LogP contribution in [-0.4, -0.2) is 36.0 Å². The third-order valence-electron chi connectivity index (χ3n) is 1.84. The number of nitrogens with zero attached hydrogens (tertiary/aromatic N) is 3. The van der Waals surface area contributed by atoms with E-state index >= 15 is 0 Å². The first-order valence-electron chi connectivity index (χ1n) is 4.80. The summed E-state index contributed by atoms with van der Waals surface area (Å²) in [6.07, 6.45) is 0. The predicted molar refractivity (Wildman–Crippen MR) is 63.4 cm³/mol. The fourth-order valence-electron chi connectivity index (χ4n) is 1.17. The van der Waals surface area contributed by atoms with E-state index < -0.39 is 0 Å². The second-order valence-electron chi connectivity index (χ2n) is 3.22. The van der Waals surface area contributed by atoms with E-state index in [1.807, 2.05) is 6.92 Å². The van der Waals surface area contributed by atoms with Gasteiger partial charge >= 0.3 is 0 Å². The van der Waals surface area contributed by atoms with Crippen LogP contribution in [0.4, 0.5) is 11.8 Å². The van der Waals surface area contributed by atoms with Crippen LogP contribution in [0.25, 0.3) is 0 Å². The van der Waals surface area contributed by atoms with Crippen LogP contribution >= 0.6 is 11.6 Å². The van der Waals surface area contributed by atoms with Crippen molar-refractivity contribution in [2.24, 2.45) is 0 Å². The van der Waals surface area contributed by atoms with Crippen molar-refractivity contribution in [1.82, 2.24) is 15.3 Å². The lowest BCUT2D eigenvalue weighted by molar-refractivity contribution is -0.119. The quantitative estimate of drug-likeness (QED) is 0.743. The topological polar surface area (TPSA) is 84.1 Å². The van der Waals surface area contributed by atoms with Crippen LogP contribution in [0.2, 0.25) is 5.15 Å². The zero-order valence-electron chi connectivity index (χ0n) is 9.20. The molecule has 3 N–H and O–H groups in total. The van der Waals surface area contributed by atoms with E-state index in [0.717, 1.165) is 0 Å². The summed E-state index contributed by atoms with van der Waals surface area (Å²) >= 11 is 5.73. The molecular formula is C9H14ClN5O. The van der Waals surface area contributed by atoms with Crippen molar-refractivity contribution < 1.29 is 4.79 Å². The Morgan fingerprint density at radius 2 is 2.31 bits per heavy atom. The Morgan fingerprint density at radius 1 is 1.62 bits per heavy atom. The molecular weight excluding hydrogens is 230 g/mol. The molecule has 0 spiro atoms. The molecule has 0 aliphatic rings. The first-order valence-corrected chi connectivity index (χ1v) is 5.18. The molecule has 0 saturated carbocycles. The minimum Gasteiger partial charge on any atom is -0.368 e. The number of nitrogen functional groups attached to an aromatic ring is 1. The van der Waals surface area contributed by atoms with Gasteiger partial charge in [-0.25, -0.2) is 4.98 Å². The number of rotatable bonds is 4. The molecule has 0 fully saturated rings. The van der Waals surface area contributed by atoms with E-state index in [1.165, 1.54) is 0 Å². The van der Waals surface area contributed by atoms with E-state index in [2.05, 4.69) is 15.3 Å². The summed E-state index contributed by atoms with van der Waals surface area (Å²) in [5.74, 6) is 0.521. The summed E-state index contributed by atoms with van der Waals surface area (Å²) in [7, 11) is 1.73. The zero-order valence-corrected chi connectivity index (χ0v) is 9.95. The van der Waals surface area contributed by atoms with Crippen molar-refractivity contribution in [3.05, 3.63) is 11.2 Å². The molecule has 1 heterocycles. The number of carbonyl (C=O) groups is 1. The standard InChI is InChI=1S/C9H14ClN5O/c1-3-12-8(16)5-15(2)7-4-6(10)13-9(11)14-7/h4H,3,5H2,1-2H3,(H,12,16)(H2,11,13,14). The normalized spacial score (nSPS) is 9.94. The van der Waals surface area contributed by atoms with Crippen LogP contribution in [-0.2, 0) is 4.79 Å². The molecule has 1 aromatic heterocycles. The average molecular weight is 244 g/mol. The number of nitrogens with two attached hydrogens (primary N) is 1. The minimum absolute atomic E-state index is 0.0849. The molecule has 0 aromatic carbocycles. The fourth-order valence-corrected chi connectivity index (χ4v) is 1.35.